The lowest BCUT2D eigenvalue weighted by molar-refractivity contribution is 0.0702. The van der Waals surface area contributed by atoms with Crippen molar-refractivity contribution in [3.8, 4) is 17.2 Å². The summed E-state index contributed by atoms with van der Waals surface area (Å²) in [5.41, 5.74) is 9.99. The van der Waals surface area contributed by atoms with Gasteiger partial charge in [-0.25, -0.2) is 0 Å². The second-order valence-corrected chi connectivity index (χ2v) is 11.6. The number of carbonyl (C=O) groups is 2. The second kappa shape index (κ2) is 11.3. The number of nitrogens with zero attached hydrogens (tertiary/aromatic N) is 3. The lowest BCUT2D eigenvalue weighted by atomic mass is 10.1. The molecule has 2 atom stereocenters. The Morgan fingerprint density at radius 2 is 1.81 bits per heavy atom. The highest BCUT2D eigenvalue weighted by Gasteiger charge is 2.43. The van der Waals surface area contributed by atoms with Crippen LogP contribution in [-0.4, -0.2) is 72.9 Å². The first-order valence-electron chi connectivity index (χ1n) is 14.7. The van der Waals surface area contributed by atoms with Crippen LogP contribution in [0.5, 0.6) is 17.2 Å². The smallest absolute Gasteiger partial charge is 0.258 e. The molecule has 0 aliphatic carbocycles. The minimum Gasteiger partial charge on any atom is -0.493 e. The van der Waals surface area contributed by atoms with Crippen molar-refractivity contribution in [2.24, 2.45) is 10.7 Å². The third-order valence-electron chi connectivity index (χ3n) is 8.54. The average molecular weight is 571 g/mol. The number of ether oxygens (including phenoxy) is 3. The fraction of sp³-hybridized carbons (Fsp3) is 0.424. The lowest BCUT2D eigenvalue weighted by Crippen LogP contribution is -2.54. The number of aliphatic imine (C=N–C) groups is 1. The molecule has 2 N–H and O–H groups in total. The third-order valence-corrected chi connectivity index (χ3v) is 8.54. The number of hydrogen-bond donors (Lipinski definition) is 1. The van der Waals surface area contributed by atoms with Gasteiger partial charge in [0.1, 0.15) is 11.4 Å². The van der Waals surface area contributed by atoms with Gasteiger partial charge < -0.3 is 29.7 Å². The zero-order valence-electron chi connectivity index (χ0n) is 24.4. The normalized spacial score (nSPS) is 22.4. The van der Waals surface area contributed by atoms with Crippen molar-refractivity contribution in [3.05, 3.63) is 64.7 Å². The van der Waals surface area contributed by atoms with Gasteiger partial charge in [0.25, 0.3) is 11.8 Å². The molecule has 2 aromatic rings. The molecule has 4 aliphatic rings. The monoisotopic (exact) mass is 570 g/mol. The summed E-state index contributed by atoms with van der Waals surface area (Å²) in [7, 11) is 1.60. The SMILES string of the molecule is C=C1CN2C(=O)c3cc(C)c(OCCCCCOc4cc5c(cc4OC)C(=O)N4CCC[C@H]4C=C5)cc3N=C[C@]2(N)C1. The second-order valence-electron chi connectivity index (χ2n) is 11.6. The highest BCUT2D eigenvalue weighted by atomic mass is 16.5. The van der Waals surface area contributed by atoms with Gasteiger partial charge in [-0.3, -0.25) is 14.6 Å². The summed E-state index contributed by atoms with van der Waals surface area (Å²) < 4.78 is 17.7. The van der Waals surface area contributed by atoms with E-state index in [1.165, 1.54) is 0 Å². The van der Waals surface area contributed by atoms with Crippen LogP contribution in [-0.2, 0) is 0 Å². The van der Waals surface area contributed by atoms with Gasteiger partial charge in [0.05, 0.1) is 43.2 Å². The number of aryl methyl sites for hydroxylation is 1. The van der Waals surface area contributed by atoms with Gasteiger partial charge in [0, 0.05) is 31.8 Å². The van der Waals surface area contributed by atoms with Crippen molar-refractivity contribution in [1.82, 2.24) is 9.80 Å². The number of nitrogens with two attached hydrogens (primary N) is 1. The van der Waals surface area contributed by atoms with E-state index >= 15 is 0 Å². The fourth-order valence-corrected chi connectivity index (χ4v) is 6.27. The molecule has 2 saturated heterocycles. The molecule has 4 heterocycles. The molecule has 0 spiro atoms. The fourth-order valence-electron chi connectivity index (χ4n) is 6.27. The predicted octanol–water partition coefficient (Wildman–Crippen LogP) is 5.04. The summed E-state index contributed by atoms with van der Waals surface area (Å²) in [6.45, 7) is 8.24. The molecule has 0 saturated carbocycles. The summed E-state index contributed by atoms with van der Waals surface area (Å²) in [6.07, 6.45) is 11.0. The molecule has 2 fully saturated rings. The van der Waals surface area contributed by atoms with E-state index in [0.29, 0.717) is 60.2 Å². The van der Waals surface area contributed by atoms with Crippen LogP contribution in [0.4, 0.5) is 5.69 Å². The van der Waals surface area contributed by atoms with Crippen molar-refractivity contribution >= 4 is 29.8 Å². The number of unbranched alkanes of at least 4 members (excludes halogenated alkanes) is 2. The van der Waals surface area contributed by atoms with E-state index in [0.717, 1.165) is 55.3 Å². The molecule has 9 nitrogen and oxygen atoms in total. The molecule has 42 heavy (non-hydrogen) atoms. The molecule has 4 aliphatic heterocycles. The number of rotatable bonds is 9. The average Bonchev–Trinajstić information content (AvgIpc) is 3.52. The van der Waals surface area contributed by atoms with E-state index < -0.39 is 5.66 Å². The lowest BCUT2D eigenvalue weighted by Gasteiger charge is -2.29. The van der Waals surface area contributed by atoms with Crippen LogP contribution in [0.25, 0.3) is 6.08 Å². The van der Waals surface area contributed by atoms with Crippen LogP contribution in [0, 0.1) is 6.92 Å². The van der Waals surface area contributed by atoms with E-state index in [1.54, 1.807) is 24.3 Å². The predicted molar refractivity (Wildman–Crippen MR) is 162 cm³/mol. The van der Waals surface area contributed by atoms with Gasteiger partial charge in [0.2, 0.25) is 0 Å². The van der Waals surface area contributed by atoms with Gasteiger partial charge >= 0.3 is 0 Å². The van der Waals surface area contributed by atoms with Gasteiger partial charge in [0.15, 0.2) is 11.5 Å². The summed E-state index contributed by atoms with van der Waals surface area (Å²) in [5, 5.41) is 0. The van der Waals surface area contributed by atoms with Gasteiger partial charge in [-0.05, 0) is 68.4 Å². The molecule has 0 aromatic heterocycles. The first kappa shape index (κ1) is 28.0. The number of benzene rings is 2. The molecule has 0 bridgehead atoms. The Hall–Kier alpha value is -4.11. The van der Waals surface area contributed by atoms with E-state index in [4.69, 9.17) is 19.9 Å². The van der Waals surface area contributed by atoms with Crippen LogP contribution in [0.15, 0.2) is 47.5 Å². The van der Waals surface area contributed by atoms with Crippen LogP contribution in [0.2, 0.25) is 0 Å². The minimum absolute atomic E-state index is 0.0559. The number of hydrogen-bond acceptors (Lipinski definition) is 7. The Balaban J connectivity index is 1.01. The van der Waals surface area contributed by atoms with Crippen LogP contribution in [0.3, 0.4) is 0 Å². The maximum Gasteiger partial charge on any atom is 0.258 e. The highest BCUT2D eigenvalue weighted by molar-refractivity contribution is 6.04. The van der Waals surface area contributed by atoms with Crippen LogP contribution in [0.1, 0.15) is 70.4 Å². The Kier molecular flexibility index (Phi) is 7.53. The standard InChI is InChI=1S/C33H38N4O5/c1-21-18-33(34)20-35-27-17-28(22(2)14-26(27)32(39)37(33)19-21)41-12-5-4-6-13-42-30-15-23-9-10-24-8-7-11-36(24)31(38)25(23)16-29(30)40-3/h9-10,14-17,20,24H,1,4-8,11-13,18-19,34H2,2-3H3/t24-,33-/m0/s1. The van der Waals surface area contributed by atoms with Gasteiger partial charge in [-0.2, -0.15) is 0 Å². The molecule has 2 aromatic carbocycles. The molecule has 0 radical (unpaired) electrons. The van der Waals surface area contributed by atoms with Crippen LogP contribution >= 0.6 is 0 Å². The summed E-state index contributed by atoms with van der Waals surface area (Å²) in [4.78, 5) is 34.5. The molecule has 6 rings (SSSR count). The van der Waals surface area contributed by atoms with Crippen molar-refractivity contribution in [2.75, 3.05) is 33.4 Å². The van der Waals surface area contributed by atoms with Crippen molar-refractivity contribution < 1.29 is 23.8 Å². The minimum atomic E-state index is -0.933. The summed E-state index contributed by atoms with van der Waals surface area (Å²) >= 11 is 0. The molecule has 0 unspecified atom stereocenters. The number of methoxy groups -OCH3 is 1. The van der Waals surface area contributed by atoms with Crippen molar-refractivity contribution in [1.29, 1.82) is 0 Å². The Bertz CT molecular complexity index is 1500. The Morgan fingerprint density at radius 3 is 2.60 bits per heavy atom. The maximum absolute atomic E-state index is 13.2. The highest BCUT2D eigenvalue weighted by Crippen LogP contribution is 2.38. The maximum atomic E-state index is 13.2. The number of amides is 2. The van der Waals surface area contributed by atoms with Crippen molar-refractivity contribution in [2.45, 2.75) is 57.2 Å². The molecule has 9 heteroatoms. The van der Waals surface area contributed by atoms with Crippen molar-refractivity contribution in [3.63, 3.8) is 0 Å². The largest absolute Gasteiger partial charge is 0.493 e. The number of carbonyl (C=O) groups excluding carboxylic acids is 2. The molecular formula is C33H38N4O5. The number of fused-ring (bicyclic) bond motifs is 4. The topological polar surface area (TPSA) is 107 Å². The Morgan fingerprint density at radius 1 is 1.02 bits per heavy atom. The quantitative estimate of drug-likeness (QED) is 0.335. The van der Waals surface area contributed by atoms with E-state index in [2.05, 4.69) is 17.6 Å². The summed E-state index contributed by atoms with van der Waals surface area (Å²) in [6, 6.07) is 7.56. The third kappa shape index (κ3) is 5.17. The van der Waals surface area contributed by atoms with E-state index in [1.807, 2.05) is 36.1 Å². The molecular weight excluding hydrogens is 532 g/mol. The van der Waals surface area contributed by atoms with E-state index in [9.17, 15) is 9.59 Å². The first-order chi connectivity index (χ1) is 20.3. The zero-order chi connectivity index (χ0) is 29.4. The van der Waals surface area contributed by atoms with E-state index in [-0.39, 0.29) is 17.9 Å². The van der Waals surface area contributed by atoms with Gasteiger partial charge in [-0.1, -0.05) is 24.3 Å². The zero-order valence-corrected chi connectivity index (χ0v) is 24.4. The van der Waals surface area contributed by atoms with Gasteiger partial charge in [-0.15, -0.1) is 0 Å². The van der Waals surface area contributed by atoms with Crippen LogP contribution < -0.4 is 19.9 Å². The Labute approximate surface area is 246 Å². The molecule has 2 amide bonds. The molecule has 220 valence electrons. The summed E-state index contributed by atoms with van der Waals surface area (Å²) in [5.74, 6) is 1.85. The first-order valence-corrected chi connectivity index (χ1v) is 14.7.